The Morgan fingerprint density at radius 3 is 2.50 bits per heavy atom. The quantitative estimate of drug-likeness (QED) is 0.668. The minimum absolute atomic E-state index is 0.808. The molecule has 2 rings (SSSR count). The minimum atomic E-state index is 0.808. The summed E-state index contributed by atoms with van der Waals surface area (Å²) in [5, 5.41) is 2.84. The highest BCUT2D eigenvalue weighted by molar-refractivity contribution is 5.87. The SMILES string of the molecule is Cc1ccc2c(CCCC(C)C)c(C)ccc2c1. The van der Waals surface area contributed by atoms with Crippen LogP contribution in [0, 0.1) is 19.8 Å². The largest absolute Gasteiger partial charge is 0.0628 e. The summed E-state index contributed by atoms with van der Waals surface area (Å²) in [6, 6.07) is 11.3. The van der Waals surface area contributed by atoms with Crippen molar-refractivity contribution in [3.63, 3.8) is 0 Å². The number of rotatable bonds is 4. The summed E-state index contributed by atoms with van der Waals surface area (Å²) in [5.74, 6) is 0.808. The number of hydrogen-bond acceptors (Lipinski definition) is 0. The third kappa shape index (κ3) is 2.93. The van der Waals surface area contributed by atoms with E-state index < -0.39 is 0 Å². The van der Waals surface area contributed by atoms with E-state index in [-0.39, 0.29) is 0 Å². The van der Waals surface area contributed by atoms with Crippen LogP contribution in [-0.4, -0.2) is 0 Å². The molecule has 0 N–H and O–H groups in total. The third-order valence-corrected chi connectivity index (χ3v) is 3.73. The Balaban J connectivity index is 2.32. The molecule has 0 heteroatoms. The molecule has 0 nitrogen and oxygen atoms in total. The molecule has 0 saturated heterocycles. The van der Waals surface area contributed by atoms with E-state index in [2.05, 4.69) is 58.0 Å². The van der Waals surface area contributed by atoms with Crippen LogP contribution >= 0.6 is 0 Å². The van der Waals surface area contributed by atoms with E-state index in [0.29, 0.717) is 0 Å². The Bertz CT molecular complexity index is 535. The summed E-state index contributed by atoms with van der Waals surface area (Å²) < 4.78 is 0. The van der Waals surface area contributed by atoms with Gasteiger partial charge in [-0.1, -0.05) is 56.2 Å². The highest BCUT2D eigenvalue weighted by Gasteiger charge is 2.05. The zero-order valence-corrected chi connectivity index (χ0v) is 12.1. The van der Waals surface area contributed by atoms with Crippen molar-refractivity contribution in [2.45, 2.75) is 47.0 Å². The van der Waals surface area contributed by atoms with Gasteiger partial charge in [0.1, 0.15) is 0 Å². The molecule has 0 aromatic heterocycles. The van der Waals surface area contributed by atoms with E-state index in [1.54, 1.807) is 5.56 Å². The molecule has 2 aromatic rings. The Kier molecular flexibility index (Phi) is 4.06. The van der Waals surface area contributed by atoms with Crippen LogP contribution in [0.3, 0.4) is 0 Å². The standard InChI is InChI=1S/C18H24/c1-13(2)6-5-7-17-15(4)9-10-16-12-14(3)8-11-18(16)17/h8-13H,5-7H2,1-4H3. The lowest BCUT2D eigenvalue weighted by Gasteiger charge is -2.12. The van der Waals surface area contributed by atoms with Gasteiger partial charge in [0.15, 0.2) is 0 Å². The van der Waals surface area contributed by atoms with E-state index in [1.165, 1.54) is 41.2 Å². The maximum atomic E-state index is 2.30. The van der Waals surface area contributed by atoms with E-state index in [0.717, 1.165) is 5.92 Å². The fourth-order valence-corrected chi connectivity index (χ4v) is 2.64. The molecular formula is C18H24. The van der Waals surface area contributed by atoms with E-state index in [9.17, 15) is 0 Å². The van der Waals surface area contributed by atoms with Crippen molar-refractivity contribution in [2.24, 2.45) is 5.92 Å². The van der Waals surface area contributed by atoms with E-state index >= 15 is 0 Å². The minimum Gasteiger partial charge on any atom is -0.0628 e. The van der Waals surface area contributed by atoms with Crippen molar-refractivity contribution in [1.29, 1.82) is 0 Å². The van der Waals surface area contributed by atoms with Gasteiger partial charge in [0, 0.05) is 0 Å². The highest BCUT2D eigenvalue weighted by Crippen LogP contribution is 2.25. The lowest BCUT2D eigenvalue weighted by Crippen LogP contribution is -1.95. The van der Waals surface area contributed by atoms with Crippen molar-refractivity contribution >= 4 is 10.8 Å². The highest BCUT2D eigenvalue weighted by atomic mass is 14.1. The molecule has 18 heavy (non-hydrogen) atoms. The molecule has 96 valence electrons. The van der Waals surface area contributed by atoms with Gasteiger partial charge in [-0.3, -0.25) is 0 Å². The lowest BCUT2D eigenvalue weighted by atomic mass is 9.93. The molecule has 0 heterocycles. The smallest absolute Gasteiger partial charge is 0.0149 e. The monoisotopic (exact) mass is 240 g/mol. The first-order valence-electron chi connectivity index (χ1n) is 7.07. The number of aryl methyl sites for hydroxylation is 3. The van der Waals surface area contributed by atoms with Gasteiger partial charge in [-0.2, -0.15) is 0 Å². The van der Waals surface area contributed by atoms with E-state index in [1.807, 2.05) is 0 Å². The molecule has 0 unspecified atom stereocenters. The number of fused-ring (bicyclic) bond motifs is 1. The molecule has 0 aliphatic heterocycles. The normalized spacial score (nSPS) is 11.4. The van der Waals surface area contributed by atoms with Gasteiger partial charge in [0.25, 0.3) is 0 Å². The predicted octanol–water partition coefficient (Wildman–Crippen LogP) is 5.44. The molecular weight excluding hydrogens is 216 g/mol. The van der Waals surface area contributed by atoms with Gasteiger partial charge in [0.05, 0.1) is 0 Å². The topological polar surface area (TPSA) is 0 Å². The summed E-state index contributed by atoms with van der Waals surface area (Å²) >= 11 is 0. The van der Waals surface area contributed by atoms with Crippen LogP contribution in [-0.2, 0) is 6.42 Å². The van der Waals surface area contributed by atoms with Crippen molar-refractivity contribution in [1.82, 2.24) is 0 Å². The van der Waals surface area contributed by atoms with Gasteiger partial charge in [0.2, 0.25) is 0 Å². The molecule has 0 radical (unpaired) electrons. The van der Waals surface area contributed by atoms with Crippen LogP contribution in [0.4, 0.5) is 0 Å². The van der Waals surface area contributed by atoms with Crippen LogP contribution in [0.5, 0.6) is 0 Å². The molecule has 0 aliphatic rings. The van der Waals surface area contributed by atoms with Gasteiger partial charge in [-0.25, -0.2) is 0 Å². The first-order valence-corrected chi connectivity index (χ1v) is 7.07. The van der Waals surface area contributed by atoms with Crippen molar-refractivity contribution in [3.8, 4) is 0 Å². The molecule has 0 bridgehead atoms. The molecule has 0 spiro atoms. The van der Waals surface area contributed by atoms with Crippen molar-refractivity contribution in [2.75, 3.05) is 0 Å². The summed E-state index contributed by atoms with van der Waals surface area (Å²) in [4.78, 5) is 0. The van der Waals surface area contributed by atoms with E-state index in [4.69, 9.17) is 0 Å². The Morgan fingerprint density at radius 2 is 1.78 bits per heavy atom. The van der Waals surface area contributed by atoms with Gasteiger partial charge in [-0.15, -0.1) is 0 Å². The van der Waals surface area contributed by atoms with Crippen LogP contribution in [0.2, 0.25) is 0 Å². The Hall–Kier alpha value is -1.30. The molecule has 0 atom stereocenters. The fourth-order valence-electron chi connectivity index (χ4n) is 2.64. The summed E-state index contributed by atoms with van der Waals surface area (Å²) in [6.07, 6.45) is 3.83. The second-order valence-corrected chi connectivity index (χ2v) is 5.87. The molecule has 0 amide bonds. The van der Waals surface area contributed by atoms with Crippen molar-refractivity contribution in [3.05, 3.63) is 47.0 Å². The van der Waals surface area contributed by atoms with Gasteiger partial charge >= 0.3 is 0 Å². The molecule has 0 aliphatic carbocycles. The van der Waals surface area contributed by atoms with Gasteiger partial charge < -0.3 is 0 Å². The molecule has 0 saturated carbocycles. The van der Waals surface area contributed by atoms with Crippen LogP contribution in [0.15, 0.2) is 30.3 Å². The maximum Gasteiger partial charge on any atom is -0.0149 e. The summed E-state index contributed by atoms with van der Waals surface area (Å²) in [6.45, 7) is 9.01. The van der Waals surface area contributed by atoms with Crippen LogP contribution in [0.25, 0.3) is 10.8 Å². The van der Waals surface area contributed by atoms with Gasteiger partial charge in [-0.05, 0) is 54.5 Å². The maximum absolute atomic E-state index is 2.30. The first-order chi connectivity index (χ1) is 8.58. The number of hydrogen-bond donors (Lipinski definition) is 0. The average Bonchev–Trinajstić information content (AvgIpc) is 2.31. The lowest BCUT2D eigenvalue weighted by molar-refractivity contribution is 0.556. The molecule has 2 aromatic carbocycles. The molecule has 0 fully saturated rings. The van der Waals surface area contributed by atoms with Crippen LogP contribution in [0.1, 0.15) is 43.4 Å². The summed E-state index contributed by atoms with van der Waals surface area (Å²) in [5.41, 5.74) is 4.34. The summed E-state index contributed by atoms with van der Waals surface area (Å²) in [7, 11) is 0. The number of benzene rings is 2. The second-order valence-electron chi connectivity index (χ2n) is 5.87. The second kappa shape index (κ2) is 5.56. The Labute approximate surface area is 111 Å². The fraction of sp³-hybridized carbons (Fsp3) is 0.444. The third-order valence-electron chi connectivity index (χ3n) is 3.73. The first kappa shape index (κ1) is 13.1. The average molecular weight is 240 g/mol. The van der Waals surface area contributed by atoms with Crippen molar-refractivity contribution < 1.29 is 0 Å². The van der Waals surface area contributed by atoms with Crippen LogP contribution < -0.4 is 0 Å². The predicted molar refractivity (Wildman–Crippen MR) is 81.2 cm³/mol. The zero-order chi connectivity index (χ0) is 13.1. The zero-order valence-electron chi connectivity index (χ0n) is 12.1. The Morgan fingerprint density at radius 1 is 1.00 bits per heavy atom.